The lowest BCUT2D eigenvalue weighted by Crippen LogP contribution is -2.56. The maximum atomic E-state index is 13.0. The first kappa shape index (κ1) is 21.6. The standard InChI is InChI=1S/C20H17BrCl2N2O4/c1-29-18(27)20(9-12-2-4-13(21)5-3-12)10-17(26)11-25(20)19(28)24-16-7-14(22)6-15(23)8-16/h2-8H,9-11H2,1H3,(H,24,28)/t20-/m0/s1. The van der Waals surface area contributed by atoms with Crippen molar-refractivity contribution in [3.05, 3.63) is 62.5 Å². The van der Waals surface area contributed by atoms with Crippen LogP contribution in [0.1, 0.15) is 12.0 Å². The summed E-state index contributed by atoms with van der Waals surface area (Å²) >= 11 is 15.3. The molecule has 0 aromatic heterocycles. The molecule has 0 spiro atoms. The van der Waals surface area contributed by atoms with Gasteiger partial charge in [-0.2, -0.15) is 0 Å². The van der Waals surface area contributed by atoms with Crippen molar-refractivity contribution in [3.63, 3.8) is 0 Å². The maximum absolute atomic E-state index is 13.0. The van der Waals surface area contributed by atoms with E-state index in [1.165, 1.54) is 30.2 Å². The zero-order chi connectivity index (χ0) is 21.2. The Morgan fingerprint density at radius 1 is 1.17 bits per heavy atom. The second kappa shape index (κ2) is 8.73. The molecule has 1 aliphatic heterocycles. The number of methoxy groups -OCH3 is 1. The molecular weight excluding hydrogens is 483 g/mol. The van der Waals surface area contributed by atoms with Gasteiger partial charge in [-0.1, -0.05) is 51.3 Å². The molecule has 1 aliphatic rings. The fraction of sp³-hybridized carbons (Fsp3) is 0.250. The molecule has 1 saturated heterocycles. The van der Waals surface area contributed by atoms with Crippen molar-refractivity contribution in [1.82, 2.24) is 4.90 Å². The number of nitrogens with one attached hydrogen (secondary N) is 1. The molecule has 2 aromatic rings. The average molecular weight is 500 g/mol. The van der Waals surface area contributed by atoms with Crippen molar-refractivity contribution in [3.8, 4) is 0 Å². The highest BCUT2D eigenvalue weighted by Crippen LogP contribution is 2.34. The first-order chi connectivity index (χ1) is 13.7. The van der Waals surface area contributed by atoms with Crippen LogP contribution in [0, 0.1) is 0 Å². The van der Waals surface area contributed by atoms with Crippen molar-refractivity contribution in [2.45, 2.75) is 18.4 Å². The summed E-state index contributed by atoms with van der Waals surface area (Å²) in [4.78, 5) is 39.3. The number of hydrogen-bond acceptors (Lipinski definition) is 4. The topological polar surface area (TPSA) is 75.7 Å². The molecule has 0 radical (unpaired) electrons. The summed E-state index contributed by atoms with van der Waals surface area (Å²) in [5.41, 5.74) is -0.294. The Hall–Kier alpha value is -2.09. The first-order valence-corrected chi connectivity index (χ1v) is 10.2. The smallest absolute Gasteiger partial charge is 0.332 e. The second-order valence-corrected chi connectivity index (χ2v) is 8.50. The quantitative estimate of drug-likeness (QED) is 0.617. The summed E-state index contributed by atoms with van der Waals surface area (Å²) in [6.45, 7) is -0.203. The molecule has 2 amide bonds. The molecule has 1 heterocycles. The van der Waals surface area contributed by atoms with Gasteiger partial charge in [-0.25, -0.2) is 9.59 Å². The molecule has 9 heteroatoms. The van der Waals surface area contributed by atoms with Crippen LogP contribution in [-0.4, -0.2) is 41.9 Å². The Morgan fingerprint density at radius 2 is 1.79 bits per heavy atom. The molecule has 2 aromatic carbocycles. The maximum Gasteiger partial charge on any atom is 0.332 e. The van der Waals surface area contributed by atoms with Gasteiger partial charge in [0.15, 0.2) is 11.3 Å². The van der Waals surface area contributed by atoms with Crippen LogP contribution in [0.4, 0.5) is 10.5 Å². The summed E-state index contributed by atoms with van der Waals surface area (Å²) in [6, 6.07) is 11.3. The zero-order valence-corrected chi connectivity index (χ0v) is 18.5. The summed E-state index contributed by atoms with van der Waals surface area (Å²) in [7, 11) is 1.24. The third-order valence-electron chi connectivity index (χ3n) is 4.67. The van der Waals surface area contributed by atoms with E-state index in [2.05, 4.69) is 21.2 Å². The number of benzene rings is 2. The monoisotopic (exact) mass is 498 g/mol. The summed E-state index contributed by atoms with van der Waals surface area (Å²) in [5, 5.41) is 3.36. The molecule has 1 fully saturated rings. The van der Waals surface area contributed by atoms with E-state index in [-0.39, 0.29) is 25.2 Å². The van der Waals surface area contributed by atoms with E-state index < -0.39 is 17.5 Å². The number of ketones is 1. The van der Waals surface area contributed by atoms with Gasteiger partial charge in [-0.05, 0) is 35.9 Å². The van der Waals surface area contributed by atoms with Crippen LogP contribution in [-0.2, 0) is 20.7 Å². The minimum absolute atomic E-state index is 0.126. The highest BCUT2D eigenvalue weighted by atomic mass is 79.9. The van der Waals surface area contributed by atoms with Gasteiger partial charge in [0.1, 0.15) is 0 Å². The van der Waals surface area contributed by atoms with Gasteiger partial charge in [0.25, 0.3) is 0 Å². The number of urea groups is 1. The lowest BCUT2D eigenvalue weighted by molar-refractivity contribution is -0.152. The molecule has 1 atom stereocenters. The lowest BCUT2D eigenvalue weighted by atomic mass is 9.88. The Bertz CT molecular complexity index is 947. The van der Waals surface area contributed by atoms with Crippen molar-refractivity contribution in [2.24, 2.45) is 0 Å². The number of ether oxygens (including phenoxy) is 1. The number of anilines is 1. The fourth-order valence-electron chi connectivity index (χ4n) is 3.43. The Labute approximate surface area is 186 Å². The van der Waals surface area contributed by atoms with Crippen LogP contribution in [0.3, 0.4) is 0 Å². The molecule has 3 rings (SSSR count). The molecule has 152 valence electrons. The molecule has 0 saturated carbocycles. The largest absolute Gasteiger partial charge is 0.467 e. The number of likely N-dealkylation sites (tertiary alicyclic amines) is 1. The average Bonchev–Trinajstić information content (AvgIpc) is 2.99. The molecular formula is C20H17BrCl2N2O4. The lowest BCUT2D eigenvalue weighted by Gasteiger charge is -2.35. The van der Waals surface area contributed by atoms with Gasteiger partial charge in [0.2, 0.25) is 0 Å². The number of carbonyl (C=O) groups is 3. The zero-order valence-electron chi connectivity index (χ0n) is 15.4. The molecule has 0 unspecified atom stereocenters. The van der Waals surface area contributed by atoms with E-state index >= 15 is 0 Å². The number of halogens is 3. The molecule has 6 nitrogen and oxygen atoms in total. The highest BCUT2D eigenvalue weighted by molar-refractivity contribution is 9.10. The van der Waals surface area contributed by atoms with Crippen LogP contribution in [0.5, 0.6) is 0 Å². The molecule has 1 N–H and O–H groups in total. The second-order valence-electron chi connectivity index (χ2n) is 6.72. The molecule has 29 heavy (non-hydrogen) atoms. The number of esters is 1. The van der Waals surface area contributed by atoms with Gasteiger partial charge in [-0.3, -0.25) is 9.69 Å². The van der Waals surface area contributed by atoms with Gasteiger partial charge < -0.3 is 10.1 Å². The van der Waals surface area contributed by atoms with Crippen molar-refractivity contribution in [2.75, 3.05) is 19.0 Å². The van der Waals surface area contributed by atoms with E-state index in [0.29, 0.717) is 15.7 Å². The SMILES string of the molecule is COC(=O)[C@]1(Cc2ccc(Br)cc2)CC(=O)CN1C(=O)Nc1cc(Cl)cc(Cl)c1. The molecule has 0 aliphatic carbocycles. The predicted molar refractivity (Wildman–Crippen MR) is 114 cm³/mol. The van der Waals surface area contributed by atoms with E-state index in [4.69, 9.17) is 27.9 Å². The minimum Gasteiger partial charge on any atom is -0.467 e. The number of rotatable bonds is 4. The van der Waals surface area contributed by atoms with Crippen LogP contribution in [0.2, 0.25) is 10.0 Å². The van der Waals surface area contributed by atoms with Crippen molar-refractivity contribution >= 4 is 62.6 Å². The number of carbonyl (C=O) groups excluding carboxylic acids is 3. The Morgan fingerprint density at radius 3 is 2.38 bits per heavy atom. The first-order valence-electron chi connectivity index (χ1n) is 8.63. The number of nitrogens with zero attached hydrogens (tertiary/aromatic N) is 1. The number of hydrogen-bond donors (Lipinski definition) is 1. The third-order valence-corrected chi connectivity index (χ3v) is 5.64. The van der Waals surface area contributed by atoms with Gasteiger partial charge in [0, 0.05) is 33.0 Å². The number of Topliss-reactive ketones (excluding diaryl/α,β-unsaturated/α-hetero) is 1. The van der Waals surface area contributed by atoms with Crippen LogP contribution >= 0.6 is 39.1 Å². The van der Waals surface area contributed by atoms with Gasteiger partial charge in [0.05, 0.1) is 13.7 Å². The summed E-state index contributed by atoms with van der Waals surface area (Å²) in [5.74, 6) is -0.877. The predicted octanol–water partition coefficient (Wildman–Crippen LogP) is 4.72. The van der Waals surface area contributed by atoms with E-state index in [0.717, 1.165) is 10.0 Å². The van der Waals surface area contributed by atoms with E-state index in [1.807, 2.05) is 24.3 Å². The summed E-state index contributed by atoms with van der Waals surface area (Å²) < 4.78 is 5.86. The van der Waals surface area contributed by atoms with E-state index in [9.17, 15) is 14.4 Å². The molecule has 0 bridgehead atoms. The minimum atomic E-state index is -1.44. The van der Waals surface area contributed by atoms with Gasteiger partial charge in [-0.15, -0.1) is 0 Å². The number of amides is 2. The van der Waals surface area contributed by atoms with Crippen molar-refractivity contribution in [1.29, 1.82) is 0 Å². The Kier molecular flexibility index (Phi) is 6.51. The summed E-state index contributed by atoms with van der Waals surface area (Å²) in [6.07, 6.45) is 0.0157. The Balaban J connectivity index is 1.94. The van der Waals surface area contributed by atoms with Crippen molar-refractivity contribution < 1.29 is 19.1 Å². The van der Waals surface area contributed by atoms with Crippen LogP contribution in [0.15, 0.2) is 46.9 Å². The van der Waals surface area contributed by atoms with E-state index in [1.54, 1.807) is 0 Å². The normalized spacial score (nSPS) is 18.6. The van der Waals surface area contributed by atoms with Crippen LogP contribution < -0.4 is 5.32 Å². The third kappa shape index (κ3) is 4.74. The van der Waals surface area contributed by atoms with Gasteiger partial charge >= 0.3 is 12.0 Å². The highest BCUT2D eigenvalue weighted by Gasteiger charge is 2.54. The van der Waals surface area contributed by atoms with Crippen LogP contribution in [0.25, 0.3) is 0 Å². The fourth-order valence-corrected chi connectivity index (χ4v) is 4.22.